The van der Waals surface area contributed by atoms with Gasteiger partial charge >= 0.3 is 0 Å². The molecule has 1 aromatic carbocycles. The van der Waals surface area contributed by atoms with E-state index in [0.29, 0.717) is 4.88 Å². The Bertz CT molecular complexity index is 607. The van der Waals surface area contributed by atoms with Crippen LogP contribution in [-0.2, 0) is 0 Å². The summed E-state index contributed by atoms with van der Waals surface area (Å²) in [5.41, 5.74) is 1.70. The number of rotatable bonds is 4. The normalized spacial score (nSPS) is 10.3. The standard InChI is InChI=1S/C14H16N2O2S/c1-9-13(10(2)17)19-14(15-9)16(3)11-7-5-6-8-12(11)18-4/h5-8H,1-4H3. The van der Waals surface area contributed by atoms with Crippen molar-refractivity contribution in [3.63, 3.8) is 0 Å². The highest BCUT2D eigenvalue weighted by Crippen LogP contribution is 2.35. The fourth-order valence-electron chi connectivity index (χ4n) is 1.86. The lowest BCUT2D eigenvalue weighted by molar-refractivity contribution is 0.102. The summed E-state index contributed by atoms with van der Waals surface area (Å²) in [5, 5.41) is 0.784. The van der Waals surface area contributed by atoms with Gasteiger partial charge in [0, 0.05) is 14.0 Å². The van der Waals surface area contributed by atoms with E-state index in [1.165, 1.54) is 11.3 Å². The van der Waals surface area contributed by atoms with Gasteiger partial charge in [0.2, 0.25) is 0 Å². The Morgan fingerprint density at radius 2 is 2.05 bits per heavy atom. The summed E-state index contributed by atoms with van der Waals surface area (Å²) in [4.78, 5) is 18.6. The molecule has 4 nitrogen and oxygen atoms in total. The zero-order valence-electron chi connectivity index (χ0n) is 11.4. The molecule has 0 atom stereocenters. The van der Waals surface area contributed by atoms with Gasteiger partial charge in [-0.05, 0) is 19.1 Å². The van der Waals surface area contributed by atoms with Gasteiger partial charge in [-0.25, -0.2) is 4.98 Å². The molecule has 19 heavy (non-hydrogen) atoms. The fourth-order valence-corrected chi connectivity index (χ4v) is 2.80. The van der Waals surface area contributed by atoms with Crippen LogP contribution in [0, 0.1) is 6.92 Å². The molecule has 0 N–H and O–H groups in total. The highest BCUT2D eigenvalue weighted by molar-refractivity contribution is 7.17. The van der Waals surface area contributed by atoms with E-state index in [4.69, 9.17) is 4.74 Å². The first kappa shape index (κ1) is 13.5. The number of aryl methyl sites for hydroxylation is 1. The number of carbonyl (C=O) groups excluding carboxylic acids is 1. The number of hydrogen-bond acceptors (Lipinski definition) is 5. The number of nitrogens with zero attached hydrogens (tertiary/aromatic N) is 2. The molecule has 2 rings (SSSR count). The minimum Gasteiger partial charge on any atom is -0.495 e. The molecule has 0 saturated heterocycles. The molecular formula is C14H16N2O2S. The van der Waals surface area contributed by atoms with E-state index in [1.54, 1.807) is 14.0 Å². The van der Waals surface area contributed by atoms with Gasteiger partial charge in [-0.15, -0.1) is 0 Å². The van der Waals surface area contributed by atoms with Crippen LogP contribution in [0.3, 0.4) is 0 Å². The van der Waals surface area contributed by atoms with Crippen molar-refractivity contribution in [3.05, 3.63) is 34.8 Å². The van der Waals surface area contributed by atoms with Gasteiger partial charge in [0.05, 0.1) is 23.4 Å². The molecule has 0 amide bonds. The number of benzene rings is 1. The number of ether oxygens (including phenoxy) is 1. The van der Waals surface area contributed by atoms with Gasteiger partial charge in [0.25, 0.3) is 0 Å². The van der Waals surface area contributed by atoms with Gasteiger partial charge in [0.15, 0.2) is 10.9 Å². The lowest BCUT2D eigenvalue weighted by Crippen LogP contribution is -2.10. The second kappa shape index (κ2) is 5.40. The Balaban J connectivity index is 2.41. The number of para-hydroxylation sites is 2. The molecule has 1 heterocycles. The Kier molecular flexibility index (Phi) is 3.85. The lowest BCUT2D eigenvalue weighted by Gasteiger charge is -2.18. The van der Waals surface area contributed by atoms with Gasteiger partial charge in [-0.2, -0.15) is 0 Å². The number of ketones is 1. The summed E-state index contributed by atoms with van der Waals surface area (Å²) >= 11 is 1.40. The molecular weight excluding hydrogens is 260 g/mol. The maximum absolute atomic E-state index is 11.5. The molecule has 0 saturated carbocycles. The topological polar surface area (TPSA) is 42.4 Å². The highest BCUT2D eigenvalue weighted by atomic mass is 32.1. The van der Waals surface area contributed by atoms with E-state index in [9.17, 15) is 4.79 Å². The molecule has 5 heteroatoms. The van der Waals surface area contributed by atoms with Crippen LogP contribution in [0.25, 0.3) is 0 Å². The predicted molar refractivity (Wildman–Crippen MR) is 77.9 cm³/mol. The Labute approximate surface area is 116 Å². The van der Waals surface area contributed by atoms with Crippen molar-refractivity contribution in [1.29, 1.82) is 0 Å². The molecule has 0 bridgehead atoms. The van der Waals surface area contributed by atoms with Crippen molar-refractivity contribution >= 4 is 27.9 Å². The Morgan fingerprint density at radius 1 is 1.37 bits per heavy atom. The first-order chi connectivity index (χ1) is 9.04. The second-order valence-electron chi connectivity index (χ2n) is 4.20. The molecule has 0 spiro atoms. The van der Waals surface area contributed by atoms with Crippen molar-refractivity contribution < 1.29 is 9.53 Å². The molecule has 0 aliphatic heterocycles. The summed E-state index contributed by atoms with van der Waals surface area (Å²) in [6.45, 7) is 3.42. The maximum atomic E-state index is 11.5. The largest absolute Gasteiger partial charge is 0.495 e. The van der Waals surface area contributed by atoms with E-state index >= 15 is 0 Å². The van der Waals surface area contributed by atoms with Crippen LogP contribution in [0.5, 0.6) is 5.75 Å². The zero-order chi connectivity index (χ0) is 14.0. The monoisotopic (exact) mass is 276 g/mol. The summed E-state index contributed by atoms with van der Waals surface area (Å²) in [6, 6.07) is 7.73. The van der Waals surface area contributed by atoms with Crippen LogP contribution >= 0.6 is 11.3 Å². The van der Waals surface area contributed by atoms with Crippen LogP contribution in [-0.4, -0.2) is 24.9 Å². The van der Waals surface area contributed by atoms with E-state index < -0.39 is 0 Å². The number of carbonyl (C=O) groups is 1. The van der Waals surface area contributed by atoms with E-state index in [2.05, 4.69) is 4.98 Å². The third-order valence-electron chi connectivity index (χ3n) is 2.84. The molecule has 0 aliphatic rings. The average molecular weight is 276 g/mol. The van der Waals surface area contributed by atoms with Crippen LogP contribution in [0.15, 0.2) is 24.3 Å². The van der Waals surface area contributed by atoms with Crippen molar-refractivity contribution in [3.8, 4) is 5.75 Å². The summed E-state index contributed by atoms with van der Waals surface area (Å²) < 4.78 is 5.34. The SMILES string of the molecule is COc1ccccc1N(C)c1nc(C)c(C(C)=O)s1. The summed E-state index contributed by atoms with van der Waals surface area (Å²) in [6.07, 6.45) is 0. The number of aromatic nitrogens is 1. The van der Waals surface area contributed by atoms with Gasteiger partial charge < -0.3 is 9.64 Å². The number of methoxy groups -OCH3 is 1. The van der Waals surface area contributed by atoms with Gasteiger partial charge in [-0.3, -0.25) is 4.79 Å². The summed E-state index contributed by atoms with van der Waals surface area (Å²) in [5.74, 6) is 0.830. The summed E-state index contributed by atoms with van der Waals surface area (Å²) in [7, 11) is 3.56. The molecule has 0 aliphatic carbocycles. The average Bonchev–Trinajstić information content (AvgIpc) is 2.80. The van der Waals surface area contributed by atoms with E-state index in [-0.39, 0.29) is 5.78 Å². The first-order valence-electron chi connectivity index (χ1n) is 5.89. The van der Waals surface area contributed by atoms with Crippen molar-refractivity contribution in [2.45, 2.75) is 13.8 Å². The van der Waals surface area contributed by atoms with Gasteiger partial charge in [-0.1, -0.05) is 23.5 Å². The molecule has 100 valence electrons. The quantitative estimate of drug-likeness (QED) is 0.802. The van der Waals surface area contributed by atoms with Crippen molar-refractivity contribution in [1.82, 2.24) is 4.98 Å². The number of hydrogen-bond donors (Lipinski definition) is 0. The minimum absolute atomic E-state index is 0.0506. The molecule has 0 fully saturated rings. The minimum atomic E-state index is 0.0506. The second-order valence-corrected chi connectivity index (χ2v) is 5.18. The molecule has 2 aromatic rings. The van der Waals surface area contributed by atoms with Gasteiger partial charge in [0.1, 0.15) is 5.75 Å². The van der Waals surface area contributed by atoms with E-state index in [1.807, 2.05) is 43.1 Å². The predicted octanol–water partition coefficient (Wildman–Crippen LogP) is 3.43. The third kappa shape index (κ3) is 2.61. The van der Waals surface area contributed by atoms with Crippen LogP contribution in [0.2, 0.25) is 0 Å². The van der Waals surface area contributed by atoms with Crippen LogP contribution in [0.1, 0.15) is 22.3 Å². The maximum Gasteiger partial charge on any atom is 0.190 e. The highest BCUT2D eigenvalue weighted by Gasteiger charge is 2.17. The van der Waals surface area contributed by atoms with Crippen LogP contribution in [0.4, 0.5) is 10.8 Å². The van der Waals surface area contributed by atoms with Crippen molar-refractivity contribution in [2.75, 3.05) is 19.1 Å². The third-order valence-corrected chi connectivity index (χ3v) is 4.17. The smallest absolute Gasteiger partial charge is 0.190 e. The first-order valence-corrected chi connectivity index (χ1v) is 6.71. The van der Waals surface area contributed by atoms with Crippen molar-refractivity contribution in [2.24, 2.45) is 0 Å². The molecule has 0 unspecified atom stereocenters. The van der Waals surface area contributed by atoms with E-state index in [0.717, 1.165) is 22.3 Å². The Hall–Kier alpha value is -1.88. The number of anilines is 2. The molecule has 1 aromatic heterocycles. The van der Waals surface area contributed by atoms with Crippen LogP contribution < -0.4 is 9.64 Å². The Morgan fingerprint density at radius 3 is 2.63 bits per heavy atom. The fraction of sp³-hybridized carbons (Fsp3) is 0.286. The number of Topliss-reactive ketones (excluding diaryl/α,β-unsaturated/α-hetero) is 1. The lowest BCUT2D eigenvalue weighted by atomic mass is 10.3. The number of thiazole rings is 1. The molecule has 0 radical (unpaired) electrons. The zero-order valence-corrected chi connectivity index (χ0v) is 12.2.